The number of carbonyl (C=O) groups excluding carboxylic acids is 2. The molecule has 0 aliphatic carbocycles. The fraction of sp³-hybridized carbons (Fsp3) is 0.914. The number of aliphatic hydroxyl groups excluding tert-OH is 2. The Labute approximate surface area is 475 Å². The summed E-state index contributed by atoms with van der Waals surface area (Å²) in [6, 6.07) is -0.546. The first kappa shape index (κ1) is 74.3. The number of ether oxygens (including phenoxy) is 1. The summed E-state index contributed by atoms with van der Waals surface area (Å²) in [5.74, 6) is -0.0665. The SMILES string of the molecule is CCCCCCCCCCCCCCCCCCCCCCCCCC(O)C(CO)NC(=O)CCCCCCCCCCCCCCCC/C=C\C/C=C\CCOC(=O)CCCCCCCCCCCCCCCCC. The molecule has 6 nitrogen and oxygen atoms in total. The number of nitrogens with one attached hydrogen (secondary N) is 1. The number of allylic oxidation sites excluding steroid dienone is 3. The monoisotopic (exact) mass is 1070 g/mol. The van der Waals surface area contributed by atoms with E-state index in [1.165, 1.54) is 302 Å². The van der Waals surface area contributed by atoms with Crippen molar-refractivity contribution in [1.82, 2.24) is 5.32 Å². The van der Waals surface area contributed by atoms with E-state index in [4.69, 9.17) is 4.74 Å². The van der Waals surface area contributed by atoms with Crippen LogP contribution in [0.1, 0.15) is 386 Å². The van der Waals surface area contributed by atoms with Gasteiger partial charge in [-0.2, -0.15) is 0 Å². The molecule has 2 unspecified atom stereocenters. The lowest BCUT2D eigenvalue weighted by Crippen LogP contribution is -2.45. The van der Waals surface area contributed by atoms with Crippen molar-refractivity contribution >= 4 is 11.9 Å². The van der Waals surface area contributed by atoms with Gasteiger partial charge >= 0.3 is 5.97 Å². The summed E-state index contributed by atoms with van der Waals surface area (Å²) in [7, 11) is 0. The number of amides is 1. The normalized spacial score (nSPS) is 12.6. The fourth-order valence-electron chi connectivity index (χ4n) is 11.0. The van der Waals surface area contributed by atoms with Crippen LogP contribution in [0.4, 0.5) is 0 Å². The van der Waals surface area contributed by atoms with E-state index in [0.717, 1.165) is 51.4 Å². The average Bonchev–Trinajstić information content (AvgIpc) is 3.42. The summed E-state index contributed by atoms with van der Waals surface area (Å²) in [5.41, 5.74) is 0. The first-order chi connectivity index (χ1) is 37.5. The zero-order valence-electron chi connectivity index (χ0n) is 51.5. The fourth-order valence-corrected chi connectivity index (χ4v) is 11.0. The molecule has 0 radical (unpaired) electrons. The maximum Gasteiger partial charge on any atom is 0.305 e. The van der Waals surface area contributed by atoms with Gasteiger partial charge in [0.1, 0.15) is 0 Å². The van der Waals surface area contributed by atoms with Crippen LogP contribution in [0.2, 0.25) is 0 Å². The molecule has 6 heteroatoms. The number of hydrogen-bond acceptors (Lipinski definition) is 5. The lowest BCUT2D eigenvalue weighted by molar-refractivity contribution is -0.143. The molecule has 450 valence electrons. The summed E-state index contributed by atoms with van der Waals surface area (Å²) < 4.78 is 5.43. The Morgan fingerprint density at radius 1 is 0.368 bits per heavy atom. The van der Waals surface area contributed by atoms with E-state index in [-0.39, 0.29) is 18.5 Å². The van der Waals surface area contributed by atoms with Gasteiger partial charge in [-0.05, 0) is 44.9 Å². The van der Waals surface area contributed by atoms with Gasteiger partial charge in [0.25, 0.3) is 0 Å². The topological polar surface area (TPSA) is 95.9 Å². The van der Waals surface area contributed by atoms with Crippen LogP contribution < -0.4 is 5.32 Å². The van der Waals surface area contributed by atoms with E-state index >= 15 is 0 Å². The zero-order chi connectivity index (χ0) is 55.0. The molecule has 0 saturated heterocycles. The molecule has 0 rings (SSSR count). The number of unbranched alkanes of at least 4 members (excludes halogenated alkanes) is 50. The van der Waals surface area contributed by atoms with Crippen molar-refractivity contribution in [3.8, 4) is 0 Å². The molecule has 0 fully saturated rings. The third-order valence-corrected chi connectivity index (χ3v) is 16.3. The molecule has 2 atom stereocenters. The number of carbonyl (C=O) groups is 2. The molecule has 0 aromatic heterocycles. The zero-order valence-corrected chi connectivity index (χ0v) is 51.5. The molecule has 0 aliphatic heterocycles. The van der Waals surface area contributed by atoms with Crippen LogP contribution in [-0.2, 0) is 14.3 Å². The second-order valence-electron chi connectivity index (χ2n) is 23.9. The Bertz CT molecular complexity index is 1190. The number of rotatable bonds is 65. The molecule has 0 heterocycles. The molecule has 0 aromatic rings. The van der Waals surface area contributed by atoms with Gasteiger partial charge in [0.05, 0.1) is 25.4 Å². The van der Waals surface area contributed by atoms with Gasteiger partial charge in [0.2, 0.25) is 5.91 Å². The van der Waals surface area contributed by atoms with Crippen LogP contribution in [0.5, 0.6) is 0 Å². The predicted molar refractivity (Wildman–Crippen MR) is 333 cm³/mol. The third kappa shape index (κ3) is 61.6. The Balaban J connectivity index is 3.43. The molecular weight excluding hydrogens is 935 g/mol. The minimum atomic E-state index is -0.669. The van der Waals surface area contributed by atoms with Gasteiger partial charge in [0, 0.05) is 12.8 Å². The van der Waals surface area contributed by atoms with E-state index in [1.54, 1.807) is 0 Å². The Morgan fingerprint density at radius 2 is 0.658 bits per heavy atom. The molecule has 0 aliphatic rings. The van der Waals surface area contributed by atoms with Crippen molar-refractivity contribution in [3.05, 3.63) is 24.3 Å². The predicted octanol–water partition coefficient (Wildman–Crippen LogP) is 22.1. The van der Waals surface area contributed by atoms with Crippen molar-refractivity contribution in [2.75, 3.05) is 13.2 Å². The third-order valence-electron chi connectivity index (χ3n) is 16.3. The smallest absolute Gasteiger partial charge is 0.305 e. The highest BCUT2D eigenvalue weighted by molar-refractivity contribution is 5.76. The largest absolute Gasteiger partial charge is 0.465 e. The lowest BCUT2D eigenvalue weighted by atomic mass is 10.0. The summed E-state index contributed by atoms with van der Waals surface area (Å²) in [6.07, 6.45) is 82.3. The van der Waals surface area contributed by atoms with Crippen molar-refractivity contribution < 1.29 is 24.5 Å². The molecule has 0 bridgehead atoms. The number of hydrogen-bond donors (Lipinski definition) is 3. The molecular formula is C70H135NO5. The molecule has 0 spiro atoms. The van der Waals surface area contributed by atoms with Gasteiger partial charge < -0.3 is 20.3 Å². The summed E-state index contributed by atoms with van der Waals surface area (Å²) in [5, 5.41) is 23.4. The van der Waals surface area contributed by atoms with E-state index in [1.807, 2.05) is 0 Å². The molecule has 3 N–H and O–H groups in total. The number of esters is 1. The summed E-state index contributed by atoms with van der Waals surface area (Å²) >= 11 is 0. The molecule has 76 heavy (non-hydrogen) atoms. The second kappa shape index (κ2) is 65.9. The standard InChI is InChI=1S/C70H135NO5/c1-3-5-7-9-11-13-15-17-19-20-21-22-23-25-28-31-35-38-42-46-50-54-58-62-68(73)67(66-72)71-69(74)63-59-55-51-47-43-39-36-32-29-26-24-27-30-33-37-41-45-49-53-57-61-65-76-70(75)64-60-56-52-48-44-40-34-18-16-14-12-10-8-6-4-2/h41,45,53,57,67-68,72-73H,3-40,42-44,46-52,54-56,58-66H2,1-2H3,(H,71,74)/b45-41-,57-53-. The summed E-state index contributed by atoms with van der Waals surface area (Å²) in [6.45, 7) is 4.88. The minimum Gasteiger partial charge on any atom is -0.465 e. The Hall–Kier alpha value is -1.66. The molecule has 0 aromatic carbocycles. The van der Waals surface area contributed by atoms with Gasteiger partial charge in [-0.15, -0.1) is 0 Å². The molecule has 1 amide bonds. The van der Waals surface area contributed by atoms with E-state index in [2.05, 4.69) is 43.5 Å². The Morgan fingerprint density at radius 3 is 1.00 bits per heavy atom. The van der Waals surface area contributed by atoms with E-state index in [0.29, 0.717) is 25.9 Å². The van der Waals surface area contributed by atoms with Crippen LogP contribution in [0, 0.1) is 0 Å². The van der Waals surface area contributed by atoms with E-state index in [9.17, 15) is 19.8 Å². The first-order valence-electron chi connectivity index (χ1n) is 34.6. The highest BCUT2D eigenvalue weighted by atomic mass is 16.5. The van der Waals surface area contributed by atoms with Crippen molar-refractivity contribution in [3.63, 3.8) is 0 Å². The first-order valence-corrected chi connectivity index (χ1v) is 34.6. The summed E-state index contributed by atoms with van der Waals surface area (Å²) in [4.78, 5) is 24.6. The number of aliphatic hydroxyl groups is 2. The van der Waals surface area contributed by atoms with Crippen LogP contribution in [0.3, 0.4) is 0 Å². The maximum absolute atomic E-state index is 12.5. The minimum absolute atomic E-state index is 0.0313. The van der Waals surface area contributed by atoms with Crippen LogP contribution >= 0.6 is 0 Å². The van der Waals surface area contributed by atoms with Crippen LogP contribution in [-0.4, -0.2) is 47.4 Å². The lowest BCUT2D eigenvalue weighted by Gasteiger charge is -2.22. The van der Waals surface area contributed by atoms with Gasteiger partial charge in [-0.25, -0.2) is 0 Å². The van der Waals surface area contributed by atoms with E-state index < -0.39 is 12.1 Å². The van der Waals surface area contributed by atoms with Crippen LogP contribution in [0.15, 0.2) is 24.3 Å². The Kier molecular flexibility index (Phi) is 64.4. The average molecular weight is 1070 g/mol. The molecule has 0 saturated carbocycles. The van der Waals surface area contributed by atoms with Crippen molar-refractivity contribution in [2.24, 2.45) is 0 Å². The van der Waals surface area contributed by atoms with Crippen molar-refractivity contribution in [1.29, 1.82) is 0 Å². The van der Waals surface area contributed by atoms with Crippen molar-refractivity contribution in [2.45, 2.75) is 398 Å². The quantitative estimate of drug-likeness (QED) is 0.0320. The van der Waals surface area contributed by atoms with Gasteiger partial charge in [-0.1, -0.05) is 353 Å². The van der Waals surface area contributed by atoms with Gasteiger partial charge in [-0.3, -0.25) is 9.59 Å². The van der Waals surface area contributed by atoms with Crippen LogP contribution in [0.25, 0.3) is 0 Å². The second-order valence-corrected chi connectivity index (χ2v) is 23.9. The van der Waals surface area contributed by atoms with Gasteiger partial charge in [0.15, 0.2) is 0 Å². The maximum atomic E-state index is 12.5. The highest BCUT2D eigenvalue weighted by Gasteiger charge is 2.20. The highest BCUT2D eigenvalue weighted by Crippen LogP contribution is 2.19.